The van der Waals surface area contributed by atoms with Gasteiger partial charge in [0.25, 0.3) is 0 Å². The van der Waals surface area contributed by atoms with Crippen molar-refractivity contribution in [3.63, 3.8) is 0 Å². The fraction of sp³-hybridized carbons (Fsp3) is 0.471. The van der Waals surface area contributed by atoms with Gasteiger partial charge in [-0.25, -0.2) is 4.79 Å². The zero-order chi connectivity index (χ0) is 15.6. The summed E-state index contributed by atoms with van der Waals surface area (Å²) in [6.07, 6.45) is 4.12. The third-order valence-corrected chi connectivity index (χ3v) is 3.11. The lowest BCUT2D eigenvalue weighted by Gasteiger charge is -2.27. The van der Waals surface area contributed by atoms with Crippen molar-refractivity contribution in [3.05, 3.63) is 47.5 Å². The van der Waals surface area contributed by atoms with Gasteiger partial charge in [-0.1, -0.05) is 63.6 Å². The first-order valence-corrected chi connectivity index (χ1v) is 7.24. The molecule has 0 saturated carbocycles. The number of rotatable bonds is 6. The molecule has 3 nitrogen and oxygen atoms in total. The molecule has 1 rings (SSSR count). The Labute approximate surface area is 122 Å². The van der Waals surface area contributed by atoms with Crippen LogP contribution in [-0.4, -0.2) is 16.2 Å². The standard InChI is InChI=1S/C15H20O3.C2H6/c1-3-5-9-12(4-2)15(18,14(16)17)13-10-7-6-8-11-13;1-2/h4,6-8,10-11,18H,3,5,9H2,1-2H3,(H,16,17);1-2H3/b12-4+;. The van der Waals surface area contributed by atoms with Gasteiger partial charge in [0, 0.05) is 0 Å². The van der Waals surface area contributed by atoms with Crippen molar-refractivity contribution in [1.82, 2.24) is 0 Å². The molecule has 112 valence electrons. The molecule has 0 saturated heterocycles. The Bertz CT molecular complexity index is 423. The maximum atomic E-state index is 11.5. The quantitative estimate of drug-likeness (QED) is 0.769. The fourth-order valence-electron chi connectivity index (χ4n) is 2.03. The lowest BCUT2D eigenvalue weighted by atomic mass is 9.83. The van der Waals surface area contributed by atoms with Crippen molar-refractivity contribution in [3.8, 4) is 0 Å². The minimum atomic E-state index is -1.91. The molecule has 0 bridgehead atoms. The van der Waals surface area contributed by atoms with Crippen LogP contribution in [-0.2, 0) is 10.4 Å². The average Bonchev–Trinajstić information content (AvgIpc) is 2.50. The van der Waals surface area contributed by atoms with E-state index in [2.05, 4.69) is 0 Å². The van der Waals surface area contributed by atoms with Crippen LogP contribution in [0.2, 0.25) is 0 Å². The molecule has 20 heavy (non-hydrogen) atoms. The van der Waals surface area contributed by atoms with Crippen molar-refractivity contribution < 1.29 is 15.0 Å². The number of hydrogen-bond acceptors (Lipinski definition) is 2. The molecule has 0 heterocycles. The van der Waals surface area contributed by atoms with Gasteiger partial charge in [0.15, 0.2) is 0 Å². The van der Waals surface area contributed by atoms with E-state index >= 15 is 0 Å². The fourth-order valence-corrected chi connectivity index (χ4v) is 2.03. The predicted molar refractivity (Wildman–Crippen MR) is 82.6 cm³/mol. The minimum absolute atomic E-state index is 0.404. The first-order chi connectivity index (χ1) is 9.57. The summed E-state index contributed by atoms with van der Waals surface area (Å²) in [6.45, 7) is 7.80. The number of benzene rings is 1. The summed E-state index contributed by atoms with van der Waals surface area (Å²) in [4.78, 5) is 11.5. The van der Waals surface area contributed by atoms with E-state index in [0.717, 1.165) is 12.8 Å². The molecule has 1 atom stereocenters. The molecule has 0 aliphatic heterocycles. The van der Waals surface area contributed by atoms with Gasteiger partial charge in [-0.05, 0) is 30.9 Å². The first kappa shape index (κ1) is 18.4. The molecule has 0 aromatic heterocycles. The molecule has 0 aliphatic carbocycles. The highest BCUT2D eigenvalue weighted by atomic mass is 16.4. The van der Waals surface area contributed by atoms with Gasteiger partial charge in [0.2, 0.25) is 5.60 Å². The summed E-state index contributed by atoms with van der Waals surface area (Å²) in [5, 5.41) is 20.0. The van der Waals surface area contributed by atoms with E-state index in [9.17, 15) is 15.0 Å². The van der Waals surface area contributed by atoms with E-state index in [-0.39, 0.29) is 0 Å². The topological polar surface area (TPSA) is 57.5 Å². The van der Waals surface area contributed by atoms with Crippen molar-refractivity contribution in [2.24, 2.45) is 0 Å². The maximum absolute atomic E-state index is 11.5. The normalized spacial score (nSPS) is 13.9. The summed E-state index contributed by atoms with van der Waals surface area (Å²) in [6, 6.07) is 8.55. The summed E-state index contributed by atoms with van der Waals surface area (Å²) in [5.41, 5.74) is -0.963. The Morgan fingerprint density at radius 1 is 1.25 bits per heavy atom. The molecule has 0 radical (unpaired) electrons. The lowest BCUT2D eigenvalue weighted by Crippen LogP contribution is -2.37. The maximum Gasteiger partial charge on any atom is 0.344 e. The zero-order valence-electron chi connectivity index (χ0n) is 12.9. The average molecular weight is 278 g/mol. The third kappa shape index (κ3) is 4.20. The Hall–Kier alpha value is -1.61. The largest absolute Gasteiger partial charge is 0.479 e. The van der Waals surface area contributed by atoms with Gasteiger partial charge < -0.3 is 10.2 Å². The van der Waals surface area contributed by atoms with E-state index < -0.39 is 11.6 Å². The van der Waals surface area contributed by atoms with Crippen LogP contribution in [0.5, 0.6) is 0 Å². The highest BCUT2D eigenvalue weighted by Gasteiger charge is 2.40. The molecule has 0 fully saturated rings. The number of carboxylic acid groups (broad SMARTS) is 1. The third-order valence-electron chi connectivity index (χ3n) is 3.11. The number of aliphatic carboxylic acids is 1. The molecular weight excluding hydrogens is 252 g/mol. The van der Waals surface area contributed by atoms with Crippen LogP contribution in [0.4, 0.5) is 0 Å². The monoisotopic (exact) mass is 278 g/mol. The van der Waals surface area contributed by atoms with E-state index in [1.807, 2.05) is 20.8 Å². The Morgan fingerprint density at radius 3 is 2.20 bits per heavy atom. The Kier molecular flexibility index (Phi) is 8.57. The molecule has 3 heteroatoms. The smallest absolute Gasteiger partial charge is 0.344 e. The van der Waals surface area contributed by atoms with E-state index in [0.29, 0.717) is 17.6 Å². The number of allylic oxidation sites excluding steroid dienone is 1. The van der Waals surface area contributed by atoms with Gasteiger partial charge in [0.05, 0.1) is 0 Å². The molecule has 1 unspecified atom stereocenters. The second-order valence-electron chi connectivity index (χ2n) is 4.30. The lowest BCUT2D eigenvalue weighted by molar-refractivity contribution is -0.155. The van der Waals surface area contributed by atoms with Crippen molar-refractivity contribution in [2.45, 2.75) is 52.6 Å². The van der Waals surface area contributed by atoms with E-state index in [1.165, 1.54) is 0 Å². The molecule has 1 aromatic rings. The van der Waals surface area contributed by atoms with Gasteiger partial charge in [0.1, 0.15) is 0 Å². The predicted octanol–water partition coefficient (Wildman–Crippen LogP) is 4.12. The summed E-state index contributed by atoms with van der Waals surface area (Å²) < 4.78 is 0. The van der Waals surface area contributed by atoms with Crippen LogP contribution < -0.4 is 0 Å². The number of hydrogen-bond donors (Lipinski definition) is 2. The van der Waals surface area contributed by atoms with Crippen LogP contribution in [0.15, 0.2) is 42.0 Å². The molecular formula is C17H26O3. The van der Waals surface area contributed by atoms with Crippen molar-refractivity contribution in [2.75, 3.05) is 0 Å². The minimum Gasteiger partial charge on any atom is -0.479 e. The van der Waals surface area contributed by atoms with Crippen LogP contribution >= 0.6 is 0 Å². The number of unbranched alkanes of at least 4 members (excludes halogenated alkanes) is 1. The SMILES string of the molecule is C/C=C(\CCCC)C(O)(C(=O)O)c1ccccc1.CC. The Morgan fingerprint density at radius 2 is 1.80 bits per heavy atom. The van der Waals surface area contributed by atoms with Crippen LogP contribution in [0, 0.1) is 0 Å². The van der Waals surface area contributed by atoms with Crippen molar-refractivity contribution >= 4 is 5.97 Å². The van der Waals surface area contributed by atoms with E-state index in [4.69, 9.17) is 0 Å². The van der Waals surface area contributed by atoms with Crippen molar-refractivity contribution in [1.29, 1.82) is 0 Å². The first-order valence-electron chi connectivity index (χ1n) is 7.24. The molecule has 1 aromatic carbocycles. The second kappa shape index (κ2) is 9.32. The van der Waals surface area contributed by atoms with Gasteiger partial charge >= 0.3 is 5.97 Å². The zero-order valence-corrected chi connectivity index (χ0v) is 12.9. The Balaban J connectivity index is 0.00000172. The van der Waals surface area contributed by atoms with Gasteiger partial charge in [-0.2, -0.15) is 0 Å². The molecule has 0 amide bonds. The number of carboxylic acids is 1. The summed E-state index contributed by atoms with van der Waals surface area (Å²) >= 11 is 0. The van der Waals surface area contributed by atoms with Crippen LogP contribution in [0.3, 0.4) is 0 Å². The molecule has 0 spiro atoms. The molecule has 2 N–H and O–H groups in total. The number of aliphatic hydroxyl groups is 1. The van der Waals surface area contributed by atoms with Gasteiger partial charge in [-0.3, -0.25) is 0 Å². The molecule has 0 aliphatic rings. The van der Waals surface area contributed by atoms with Crippen LogP contribution in [0.1, 0.15) is 52.5 Å². The number of carbonyl (C=O) groups is 1. The van der Waals surface area contributed by atoms with Gasteiger partial charge in [-0.15, -0.1) is 0 Å². The van der Waals surface area contributed by atoms with Crippen LogP contribution in [0.25, 0.3) is 0 Å². The second-order valence-corrected chi connectivity index (χ2v) is 4.30. The van der Waals surface area contributed by atoms with E-state index in [1.54, 1.807) is 43.3 Å². The highest BCUT2D eigenvalue weighted by Crippen LogP contribution is 2.33. The highest BCUT2D eigenvalue weighted by molar-refractivity contribution is 5.83. The summed E-state index contributed by atoms with van der Waals surface area (Å²) in [5.74, 6) is -1.22. The summed E-state index contributed by atoms with van der Waals surface area (Å²) in [7, 11) is 0.